The van der Waals surface area contributed by atoms with Crippen LogP contribution in [-0.4, -0.2) is 70.3 Å². The monoisotopic (exact) mass is 737 g/mol. The largest absolute Gasteiger partial charge is 0.481 e. The summed E-state index contributed by atoms with van der Waals surface area (Å²) >= 11 is 1.56. The topological polar surface area (TPSA) is 247 Å². The quantitative estimate of drug-likeness (QED) is 0.0730. The third-order valence-electron chi connectivity index (χ3n) is 4.31. The minimum Gasteiger partial charge on any atom is -0.481 e. The van der Waals surface area contributed by atoms with Gasteiger partial charge in [-0.1, -0.05) is 0 Å². The van der Waals surface area contributed by atoms with E-state index in [1.165, 1.54) is 0 Å². The fourth-order valence-corrected chi connectivity index (χ4v) is 4.52. The Balaban J connectivity index is 0.000000712. The van der Waals surface area contributed by atoms with E-state index in [9.17, 15) is 24.0 Å². The molecule has 0 saturated heterocycles. The van der Waals surface area contributed by atoms with Gasteiger partial charge in [0.25, 0.3) is 0 Å². The number of rotatable bonds is 14. The number of unbranched alkanes of at least 4 members (excludes halogenated alkanes) is 1. The maximum atomic E-state index is 12.0. The number of nitrogens with zero attached hydrogens (tertiary/aromatic N) is 1. The number of guanidine groups is 1. The van der Waals surface area contributed by atoms with Crippen LogP contribution in [0.3, 0.4) is 0 Å². The fourth-order valence-electron chi connectivity index (χ4n) is 2.45. The second-order valence-corrected chi connectivity index (χ2v) is 9.69. The number of carbonyl (C=O) groups is 5. The van der Waals surface area contributed by atoms with E-state index in [2.05, 4.69) is 17.2 Å². The number of aliphatic carboxylic acids is 3. The van der Waals surface area contributed by atoms with Crippen LogP contribution in [0.2, 0.25) is 0 Å². The molecule has 37 heavy (non-hydrogen) atoms. The Bertz CT molecular complexity index is 974. The zero-order valence-corrected chi connectivity index (χ0v) is 23.8. The standard InChI is InChI=1S/C13H19AtN4OS.C8H12N2O7/c1-2-3-6-17-12(19)9-4-5-10(8-18-13(15)16)11(7-9)20-14;11-5(12)2-1-4(7(15)16)10-8(17)9-3-6(13)14/h4-5,7H,2-3,6,8H2,1H3,(H,17,19)(H4,15,16,18);4H,1-3H2,(H,11,12)(H,13,14)(H,15,16)(H2,9,10,17). The van der Waals surface area contributed by atoms with Gasteiger partial charge in [-0.25, -0.2) is 9.59 Å². The Kier molecular flexibility index (Phi) is 17.4. The molecule has 1 aromatic rings. The van der Waals surface area contributed by atoms with Crippen LogP contribution in [0.5, 0.6) is 0 Å². The number of nitrogens with two attached hydrogens (primary N) is 2. The van der Waals surface area contributed by atoms with E-state index in [1.54, 1.807) is 31.8 Å². The SMILES string of the molecule is CCCCNC(=O)c1ccc(CN=C(N)N)c(S[At])c1.O=C(O)CCC(NC(=O)NCC(=O)O)C(=O)O. The Morgan fingerprint density at radius 2 is 1.76 bits per heavy atom. The third kappa shape index (κ3) is 16.3. The molecule has 206 valence electrons. The summed E-state index contributed by atoms with van der Waals surface area (Å²) in [4.78, 5) is 59.0. The molecule has 0 heterocycles. The Hall–Kier alpha value is -3.13. The van der Waals surface area contributed by atoms with Gasteiger partial charge in [0.1, 0.15) is 12.6 Å². The summed E-state index contributed by atoms with van der Waals surface area (Å²) in [6, 6.07) is 3.25. The molecule has 10 N–H and O–H groups in total. The smallest absolute Gasteiger partial charge is 0.326 e. The molecule has 0 spiro atoms. The number of carboxylic acids is 3. The average molecular weight is 738 g/mol. The predicted octanol–water partition coefficient (Wildman–Crippen LogP) is 0.235. The van der Waals surface area contributed by atoms with Crippen LogP contribution in [-0.2, 0) is 20.9 Å². The molecule has 1 rings (SSSR count). The Labute approximate surface area is 231 Å². The summed E-state index contributed by atoms with van der Waals surface area (Å²) in [7, 11) is 1.63. The summed E-state index contributed by atoms with van der Waals surface area (Å²) in [5.41, 5.74) is 12.4. The molecule has 3 amide bonds. The summed E-state index contributed by atoms with van der Waals surface area (Å²) in [5.74, 6) is -3.82. The van der Waals surface area contributed by atoms with Crippen molar-refractivity contribution in [1.82, 2.24) is 16.0 Å². The van der Waals surface area contributed by atoms with E-state index in [0.717, 1.165) is 23.3 Å². The summed E-state index contributed by atoms with van der Waals surface area (Å²) in [6.45, 7) is 2.59. The van der Waals surface area contributed by atoms with Crippen LogP contribution in [0.4, 0.5) is 4.79 Å². The van der Waals surface area contributed by atoms with Crippen molar-refractivity contribution in [3.8, 4) is 0 Å². The molecule has 0 aromatic heterocycles. The number of nitrogens with one attached hydrogen (secondary N) is 3. The van der Waals surface area contributed by atoms with Gasteiger partial charge < -0.3 is 26.0 Å². The van der Waals surface area contributed by atoms with Crippen LogP contribution >= 0.6 is 8.52 Å². The number of hydrogen-bond donors (Lipinski definition) is 8. The second-order valence-electron chi connectivity index (χ2n) is 7.29. The molecule has 0 bridgehead atoms. The third-order valence-corrected chi connectivity index (χ3v) is 6.80. The first-order valence-corrected chi connectivity index (χ1v) is 15.2. The van der Waals surface area contributed by atoms with E-state index in [0.29, 0.717) is 18.7 Å². The van der Waals surface area contributed by atoms with Crippen molar-refractivity contribution in [2.45, 2.75) is 50.1 Å². The molecular weight excluding hydrogens is 706 g/mol. The minimum absolute atomic E-state index is 0.0335. The van der Waals surface area contributed by atoms with Gasteiger partial charge in [-0.15, -0.1) is 0 Å². The number of hydrogen-bond acceptors (Lipinski definition) is 7. The van der Waals surface area contributed by atoms with Gasteiger partial charge in [0.05, 0.1) is 0 Å². The van der Waals surface area contributed by atoms with Gasteiger partial charge in [0.15, 0.2) is 0 Å². The van der Waals surface area contributed by atoms with Crippen molar-refractivity contribution in [3.05, 3.63) is 29.3 Å². The van der Waals surface area contributed by atoms with Crippen LogP contribution in [0.15, 0.2) is 28.1 Å². The molecule has 16 heteroatoms. The first-order valence-electron chi connectivity index (χ1n) is 10.9. The summed E-state index contributed by atoms with van der Waals surface area (Å²) in [6.07, 6.45) is 1.35. The molecule has 14 nitrogen and oxygen atoms in total. The average Bonchev–Trinajstić information content (AvgIpc) is 2.83. The maximum absolute atomic E-state index is 12.0. The molecule has 1 atom stereocenters. The van der Waals surface area contributed by atoms with Crippen LogP contribution in [0.25, 0.3) is 0 Å². The predicted molar refractivity (Wildman–Crippen MR) is 132 cm³/mol. The molecule has 0 fully saturated rings. The van der Waals surface area contributed by atoms with Crippen LogP contribution < -0.4 is 27.4 Å². The first-order chi connectivity index (χ1) is 17.4. The van der Waals surface area contributed by atoms with E-state index >= 15 is 0 Å². The molecule has 0 aliphatic carbocycles. The minimum atomic E-state index is -1.39. The number of aliphatic imine (C=N–C) groups is 1. The zero-order chi connectivity index (χ0) is 28.4. The Morgan fingerprint density at radius 3 is 2.27 bits per heavy atom. The fraction of sp³-hybridized carbons (Fsp3) is 0.429. The van der Waals surface area contributed by atoms with Crippen molar-refractivity contribution in [2.24, 2.45) is 16.5 Å². The van der Waals surface area contributed by atoms with Crippen molar-refractivity contribution < 1.29 is 62.5 Å². The number of carboxylic acid groups (broad SMARTS) is 3. The number of urea groups is 1. The zero-order valence-electron chi connectivity index (χ0n) is 20.0. The van der Waals surface area contributed by atoms with Crippen molar-refractivity contribution in [1.29, 1.82) is 0 Å². The van der Waals surface area contributed by atoms with Crippen molar-refractivity contribution >= 4 is 44.3 Å². The van der Waals surface area contributed by atoms with Gasteiger partial charge in [-0.05, 0) is 6.42 Å². The Morgan fingerprint density at radius 1 is 1.08 bits per heavy atom. The second kappa shape index (κ2) is 19.0. The number of carbonyl (C=O) groups excluding carboxylic acids is 2. The van der Waals surface area contributed by atoms with Crippen molar-refractivity contribution in [2.75, 3.05) is 13.1 Å². The van der Waals surface area contributed by atoms with Gasteiger partial charge >= 0.3 is 161 Å². The number of benzene rings is 1. The molecule has 0 aliphatic rings. The summed E-state index contributed by atoms with van der Waals surface area (Å²) in [5, 5.41) is 32.0. The van der Waals surface area contributed by atoms with Gasteiger partial charge in [-0.3, -0.25) is 9.59 Å². The summed E-state index contributed by atoms with van der Waals surface area (Å²) < 4.78 is 0. The van der Waals surface area contributed by atoms with E-state index in [4.69, 9.17) is 26.8 Å². The molecule has 0 aliphatic heterocycles. The normalized spacial score (nSPS) is 10.6. The van der Waals surface area contributed by atoms with E-state index < -0.39 is 42.9 Å². The van der Waals surface area contributed by atoms with Crippen molar-refractivity contribution in [3.63, 3.8) is 0 Å². The molecule has 0 radical (unpaired) electrons. The molecule has 0 saturated carbocycles. The van der Waals surface area contributed by atoms with Gasteiger partial charge in [0, 0.05) is 6.42 Å². The van der Waals surface area contributed by atoms with Gasteiger partial charge in [0.2, 0.25) is 0 Å². The van der Waals surface area contributed by atoms with Gasteiger partial charge in [-0.2, -0.15) is 0 Å². The molecule has 1 aromatic carbocycles. The maximum Gasteiger partial charge on any atom is 0.326 e. The van der Waals surface area contributed by atoms with E-state index in [-0.39, 0.29) is 18.3 Å². The molecular formula is C21H31AtN6O8S. The van der Waals surface area contributed by atoms with Crippen LogP contribution in [0, 0.1) is 23.3 Å². The molecule has 1 unspecified atom stereocenters. The van der Waals surface area contributed by atoms with E-state index in [1.807, 2.05) is 28.8 Å². The number of amides is 3. The van der Waals surface area contributed by atoms with Crippen LogP contribution in [0.1, 0.15) is 48.5 Å². The first kappa shape index (κ1) is 33.9.